The van der Waals surface area contributed by atoms with Gasteiger partial charge < -0.3 is 10.6 Å². The monoisotopic (exact) mass is 221 g/mol. The average Bonchev–Trinajstić information content (AvgIpc) is 2.81. The van der Waals surface area contributed by atoms with E-state index in [1.165, 1.54) is 6.33 Å². The molecule has 1 aromatic rings. The summed E-state index contributed by atoms with van der Waals surface area (Å²) in [4.78, 5) is 15.7. The molecule has 1 aliphatic heterocycles. The molecule has 6 heteroatoms. The Balaban J connectivity index is 1.58. The lowest BCUT2D eigenvalue weighted by Crippen LogP contribution is -2.36. The number of aromatic nitrogens is 3. The number of carbonyl (C=O) groups excluding carboxylic acids is 1. The first-order chi connectivity index (χ1) is 7.77. The SMILES string of the molecule is CC(C(=O)NC1C2CNCC21)n1cncn1. The first kappa shape index (κ1) is 9.77. The number of hydrogen-bond donors (Lipinski definition) is 2. The fourth-order valence-electron chi connectivity index (χ4n) is 2.45. The highest BCUT2D eigenvalue weighted by atomic mass is 16.2. The average molecular weight is 221 g/mol. The summed E-state index contributed by atoms with van der Waals surface area (Å²) in [5.41, 5.74) is 0. The Morgan fingerprint density at radius 1 is 1.56 bits per heavy atom. The van der Waals surface area contributed by atoms with Crippen molar-refractivity contribution >= 4 is 5.91 Å². The smallest absolute Gasteiger partial charge is 0.244 e. The fourth-order valence-corrected chi connectivity index (χ4v) is 2.45. The van der Waals surface area contributed by atoms with Gasteiger partial charge in [0.15, 0.2) is 0 Å². The van der Waals surface area contributed by atoms with Crippen LogP contribution in [0.4, 0.5) is 0 Å². The quantitative estimate of drug-likeness (QED) is 0.699. The minimum Gasteiger partial charge on any atom is -0.351 e. The molecule has 2 fully saturated rings. The summed E-state index contributed by atoms with van der Waals surface area (Å²) < 4.78 is 1.58. The van der Waals surface area contributed by atoms with E-state index in [9.17, 15) is 4.79 Å². The van der Waals surface area contributed by atoms with Crippen molar-refractivity contribution in [3.63, 3.8) is 0 Å². The van der Waals surface area contributed by atoms with Crippen LogP contribution in [-0.2, 0) is 4.79 Å². The molecule has 0 aromatic carbocycles. The fraction of sp³-hybridized carbons (Fsp3) is 0.700. The zero-order valence-electron chi connectivity index (χ0n) is 9.13. The molecule has 1 saturated carbocycles. The molecule has 16 heavy (non-hydrogen) atoms. The zero-order chi connectivity index (χ0) is 11.1. The van der Waals surface area contributed by atoms with Crippen LogP contribution in [0.2, 0.25) is 0 Å². The molecule has 2 N–H and O–H groups in total. The van der Waals surface area contributed by atoms with Gasteiger partial charge >= 0.3 is 0 Å². The molecule has 3 rings (SSSR count). The number of amides is 1. The van der Waals surface area contributed by atoms with E-state index in [1.807, 2.05) is 6.92 Å². The van der Waals surface area contributed by atoms with E-state index in [2.05, 4.69) is 20.7 Å². The highest BCUT2D eigenvalue weighted by molar-refractivity contribution is 5.80. The number of nitrogens with one attached hydrogen (secondary N) is 2. The van der Waals surface area contributed by atoms with Crippen LogP contribution < -0.4 is 10.6 Å². The lowest BCUT2D eigenvalue weighted by Gasteiger charge is -2.13. The van der Waals surface area contributed by atoms with Gasteiger partial charge in [-0.15, -0.1) is 0 Å². The second-order valence-corrected chi connectivity index (χ2v) is 4.57. The third-order valence-electron chi connectivity index (χ3n) is 3.61. The molecule has 1 saturated heterocycles. The molecular formula is C10H15N5O. The van der Waals surface area contributed by atoms with Crippen LogP contribution in [0.25, 0.3) is 0 Å². The van der Waals surface area contributed by atoms with Crippen LogP contribution in [0.15, 0.2) is 12.7 Å². The number of fused-ring (bicyclic) bond motifs is 1. The normalized spacial score (nSPS) is 33.2. The third-order valence-corrected chi connectivity index (χ3v) is 3.61. The van der Waals surface area contributed by atoms with Crippen molar-refractivity contribution in [1.29, 1.82) is 0 Å². The predicted molar refractivity (Wildman–Crippen MR) is 56.5 cm³/mol. The minimum atomic E-state index is -0.281. The number of piperidine rings is 1. The van der Waals surface area contributed by atoms with Gasteiger partial charge in [-0.1, -0.05) is 0 Å². The molecule has 0 bridgehead atoms. The molecule has 1 aliphatic carbocycles. The predicted octanol–water partition coefficient (Wildman–Crippen LogP) is -0.827. The number of rotatable bonds is 3. The number of carbonyl (C=O) groups is 1. The van der Waals surface area contributed by atoms with E-state index in [4.69, 9.17) is 0 Å². The first-order valence-corrected chi connectivity index (χ1v) is 5.62. The zero-order valence-corrected chi connectivity index (χ0v) is 9.13. The van der Waals surface area contributed by atoms with Crippen LogP contribution in [0, 0.1) is 11.8 Å². The topological polar surface area (TPSA) is 71.8 Å². The number of nitrogens with zero attached hydrogens (tertiary/aromatic N) is 3. The maximum Gasteiger partial charge on any atom is 0.244 e. The molecule has 2 aliphatic rings. The summed E-state index contributed by atoms with van der Waals surface area (Å²) in [6.07, 6.45) is 3.01. The van der Waals surface area contributed by atoms with Gasteiger partial charge in [-0.3, -0.25) is 4.79 Å². The summed E-state index contributed by atoms with van der Waals surface area (Å²) in [5.74, 6) is 1.32. The van der Waals surface area contributed by atoms with Crippen molar-refractivity contribution in [2.75, 3.05) is 13.1 Å². The molecule has 3 unspecified atom stereocenters. The molecule has 6 nitrogen and oxygen atoms in total. The third kappa shape index (κ3) is 1.49. The van der Waals surface area contributed by atoms with E-state index < -0.39 is 0 Å². The Labute approximate surface area is 93.4 Å². The lowest BCUT2D eigenvalue weighted by molar-refractivity contribution is -0.124. The standard InChI is InChI=1S/C10H15N5O/c1-6(15-5-12-4-13-15)10(16)14-9-7-2-11-3-8(7)9/h4-9,11H,2-3H2,1H3,(H,14,16). The highest BCUT2D eigenvalue weighted by Gasteiger charge is 2.53. The van der Waals surface area contributed by atoms with Crippen LogP contribution in [-0.4, -0.2) is 39.8 Å². The number of hydrogen-bond acceptors (Lipinski definition) is 4. The second-order valence-electron chi connectivity index (χ2n) is 4.57. The van der Waals surface area contributed by atoms with Crippen molar-refractivity contribution in [3.05, 3.63) is 12.7 Å². The Kier molecular flexibility index (Phi) is 2.17. The van der Waals surface area contributed by atoms with Gasteiger partial charge in [0.2, 0.25) is 5.91 Å². The maximum absolute atomic E-state index is 11.9. The van der Waals surface area contributed by atoms with E-state index >= 15 is 0 Å². The summed E-state index contributed by atoms with van der Waals surface area (Å²) in [6, 6.07) is 0.0940. The van der Waals surface area contributed by atoms with E-state index in [-0.39, 0.29) is 11.9 Å². The summed E-state index contributed by atoms with van der Waals surface area (Å²) in [7, 11) is 0. The van der Waals surface area contributed by atoms with E-state index in [0.29, 0.717) is 17.9 Å². The van der Waals surface area contributed by atoms with Crippen molar-refractivity contribution in [3.8, 4) is 0 Å². The summed E-state index contributed by atoms with van der Waals surface area (Å²) >= 11 is 0. The molecule has 1 aromatic heterocycles. The largest absolute Gasteiger partial charge is 0.351 e. The van der Waals surface area contributed by atoms with Gasteiger partial charge in [-0.25, -0.2) is 9.67 Å². The molecule has 0 radical (unpaired) electrons. The van der Waals surface area contributed by atoms with E-state index in [1.54, 1.807) is 11.0 Å². The van der Waals surface area contributed by atoms with Crippen LogP contribution in [0.1, 0.15) is 13.0 Å². The Morgan fingerprint density at radius 2 is 2.31 bits per heavy atom. The lowest BCUT2D eigenvalue weighted by atomic mass is 10.3. The van der Waals surface area contributed by atoms with Crippen LogP contribution in [0.5, 0.6) is 0 Å². The van der Waals surface area contributed by atoms with E-state index in [0.717, 1.165) is 13.1 Å². The Morgan fingerprint density at radius 3 is 2.94 bits per heavy atom. The van der Waals surface area contributed by atoms with Crippen LogP contribution in [0.3, 0.4) is 0 Å². The van der Waals surface area contributed by atoms with Crippen molar-refractivity contribution < 1.29 is 4.79 Å². The highest BCUT2D eigenvalue weighted by Crippen LogP contribution is 2.41. The van der Waals surface area contributed by atoms with Crippen molar-refractivity contribution in [2.45, 2.75) is 19.0 Å². The molecule has 1 amide bonds. The molecule has 86 valence electrons. The van der Waals surface area contributed by atoms with Gasteiger partial charge in [-0.2, -0.15) is 5.10 Å². The van der Waals surface area contributed by atoms with Gasteiger partial charge in [-0.05, 0) is 18.8 Å². The minimum absolute atomic E-state index is 0.0323. The Hall–Kier alpha value is -1.43. The first-order valence-electron chi connectivity index (χ1n) is 5.62. The second kappa shape index (κ2) is 3.55. The molecular weight excluding hydrogens is 206 g/mol. The van der Waals surface area contributed by atoms with Gasteiger partial charge in [0.1, 0.15) is 18.7 Å². The Bertz CT molecular complexity index is 380. The summed E-state index contributed by atoms with van der Waals surface area (Å²) in [6.45, 7) is 3.90. The van der Waals surface area contributed by atoms with Crippen molar-refractivity contribution in [2.24, 2.45) is 11.8 Å². The maximum atomic E-state index is 11.9. The van der Waals surface area contributed by atoms with Gasteiger partial charge in [0, 0.05) is 19.1 Å². The molecule has 0 spiro atoms. The molecule has 2 heterocycles. The van der Waals surface area contributed by atoms with Gasteiger partial charge in [0.25, 0.3) is 0 Å². The van der Waals surface area contributed by atoms with Crippen LogP contribution >= 0.6 is 0 Å². The molecule has 3 atom stereocenters. The summed E-state index contributed by atoms with van der Waals surface area (Å²) in [5, 5.41) is 10.3. The van der Waals surface area contributed by atoms with Crippen molar-refractivity contribution in [1.82, 2.24) is 25.4 Å². The van der Waals surface area contributed by atoms with Gasteiger partial charge in [0.05, 0.1) is 0 Å².